The van der Waals surface area contributed by atoms with Gasteiger partial charge in [0.15, 0.2) is 0 Å². The molecule has 0 bridgehead atoms. The van der Waals surface area contributed by atoms with Crippen LogP contribution in [0.1, 0.15) is 28.3 Å². The van der Waals surface area contributed by atoms with Gasteiger partial charge in [-0.2, -0.15) is 0 Å². The molecule has 0 amide bonds. The van der Waals surface area contributed by atoms with Crippen molar-refractivity contribution in [2.24, 2.45) is 0 Å². The highest BCUT2D eigenvalue weighted by Gasteiger charge is 2.29. The molecule has 1 atom stereocenters. The molecule has 0 aliphatic carbocycles. The first kappa shape index (κ1) is 17.1. The summed E-state index contributed by atoms with van der Waals surface area (Å²) in [4.78, 5) is 18.5. The zero-order valence-electron chi connectivity index (χ0n) is 14.7. The number of carbonyl (C=O) groups excluding carboxylic acids is 1. The Bertz CT molecular complexity index is 763. The van der Waals surface area contributed by atoms with Gasteiger partial charge in [0.25, 0.3) is 0 Å². The molecule has 6 heteroatoms. The fraction of sp³-hybridized carbons (Fsp3) is 0.368. The number of ether oxygens (including phenoxy) is 3. The molecule has 2 aromatic rings. The first-order valence-electron chi connectivity index (χ1n) is 8.18. The highest BCUT2D eigenvalue weighted by Crippen LogP contribution is 2.37. The minimum atomic E-state index is -0.370. The molecule has 132 valence electrons. The number of hydrogen-bond acceptors (Lipinski definition) is 6. The summed E-state index contributed by atoms with van der Waals surface area (Å²) in [5.74, 6) is 2.23. The van der Waals surface area contributed by atoms with Crippen molar-refractivity contribution in [2.75, 3.05) is 39.3 Å². The number of rotatable bonds is 5. The van der Waals surface area contributed by atoms with E-state index in [2.05, 4.69) is 9.88 Å². The van der Waals surface area contributed by atoms with E-state index in [1.165, 1.54) is 7.11 Å². The average molecular weight is 342 g/mol. The van der Waals surface area contributed by atoms with Gasteiger partial charge in [0.1, 0.15) is 22.9 Å². The predicted molar refractivity (Wildman–Crippen MR) is 94.7 cm³/mol. The number of anilines is 1. The molecule has 2 heterocycles. The molecule has 0 saturated carbocycles. The first-order valence-corrected chi connectivity index (χ1v) is 8.18. The normalized spacial score (nSPS) is 16.6. The molecule has 1 aromatic carbocycles. The van der Waals surface area contributed by atoms with Gasteiger partial charge in [-0.3, -0.25) is 0 Å². The van der Waals surface area contributed by atoms with E-state index < -0.39 is 0 Å². The van der Waals surface area contributed by atoms with E-state index in [4.69, 9.17) is 14.2 Å². The molecule has 0 radical (unpaired) electrons. The summed E-state index contributed by atoms with van der Waals surface area (Å²) in [7, 11) is 4.71. The van der Waals surface area contributed by atoms with E-state index in [-0.39, 0.29) is 11.9 Å². The second kappa shape index (κ2) is 7.42. The van der Waals surface area contributed by atoms with Crippen LogP contribution in [-0.2, 0) is 4.74 Å². The summed E-state index contributed by atoms with van der Waals surface area (Å²) < 4.78 is 15.7. The SMILES string of the molecule is COC(=O)c1cccnc1N1CC[C@H](c2cc(OC)ccc2OC)C1. The van der Waals surface area contributed by atoms with Crippen LogP contribution in [0.4, 0.5) is 5.82 Å². The molecule has 1 aromatic heterocycles. The number of nitrogens with zero attached hydrogens (tertiary/aromatic N) is 2. The van der Waals surface area contributed by atoms with E-state index in [9.17, 15) is 4.79 Å². The fourth-order valence-corrected chi connectivity index (χ4v) is 3.28. The molecule has 1 saturated heterocycles. The van der Waals surface area contributed by atoms with Crippen LogP contribution in [0, 0.1) is 0 Å². The number of pyridine rings is 1. The Labute approximate surface area is 147 Å². The maximum absolute atomic E-state index is 12.0. The molecule has 0 unspecified atom stereocenters. The van der Waals surface area contributed by atoms with Crippen LogP contribution < -0.4 is 14.4 Å². The molecule has 1 aliphatic rings. The van der Waals surface area contributed by atoms with Gasteiger partial charge in [-0.1, -0.05) is 0 Å². The monoisotopic (exact) mass is 342 g/mol. The number of hydrogen-bond donors (Lipinski definition) is 0. The Balaban J connectivity index is 1.87. The van der Waals surface area contributed by atoms with Gasteiger partial charge in [0.2, 0.25) is 0 Å². The van der Waals surface area contributed by atoms with Crippen LogP contribution in [0.15, 0.2) is 36.5 Å². The van der Waals surface area contributed by atoms with Gasteiger partial charge in [-0.25, -0.2) is 9.78 Å². The van der Waals surface area contributed by atoms with Crippen molar-refractivity contribution in [3.8, 4) is 11.5 Å². The number of aromatic nitrogens is 1. The molecule has 6 nitrogen and oxygen atoms in total. The highest BCUT2D eigenvalue weighted by atomic mass is 16.5. The van der Waals surface area contributed by atoms with Gasteiger partial charge in [0.05, 0.1) is 21.3 Å². The zero-order chi connectivity index (χ0) is 17.8. The number of carbonyl (C=O) groups is 1. The van der Waals surface area contributed by atoms with Gasteiger partial charge < -0.3 is 19.1 Å². The summed E-state index contributed by atoms with van der Waals surface area (Å²) in [5, 5.41) is 0. The molecule has 0 N–H and O–H groups in total. The largest absolute Gasteiger partial charge is 0.497 e. The predicted octanol–water partition coefficient (Wildman–Crippen LogP) is 2.88. The van der Waals surface area contributed by atoms with Crippen molar-refractivity contribution in [3.63, 3.8) is 0 Å². The Morgan fingerprint density at radius 2 is 2.04 bits per heavy atom. The standard InChI is InChI=1S/C19H22N2O4/c1-23-14-6-7-17(24-2)16(11-14)13-8-10-21(12-13)18-15(19(22)25-3)5-4-9-20-18/h4-7,9,11,13H,8,10,12H2,1-3H3/t13-/m0/s1. The van der Waals surface area contributed by atoms with Gasteiger partial charge in [0, 0.05) is 30.8 Å². The third-order valence-electron chi connectivity index (χ3n) is 4.56. The van der Waals surface area contributed by atoms with Crippen molar-refractivity contribution in [1.82, 2.24) is 4.98 Å². The molecule has 1 fully saturated rings. The Kier molecular flexibility index (Phi) is 5.07. The summed E-state index contributed by atoms with van der Waals surface area (Å²) in [6, 6.07) is 9.33. The quantitative estimate of drug-likeness (QED) is 0.779. The summed E-state index contributed by atoms with van der Waals surface area (Å²) in [6.45, 7) is 1.57. The minimum absolute atomic E-state index is 0.276. The molecule has 1 aliphatic heterocycles. The maximum Gasteiger partial charge on any atom is 0.341 e. The number of benzene rings is 1. The Hall–Kier alpha value is -2.76. The van der Waals surface area contributed by atoms with Crippen LogP contribution in [0.25, 0.3) is 0 Å². The second-order valence-corrected chi connectivity index (χ2v) is 5.91. The summed E-state index contributed by atoms with van der Waals surface area (Å²) >= 11 is 0. The van der Waals surface area contributed by atoms with Gasteiger partial charge in [-0.05, 0) is 36.8 Å². The lowest BCUT2D eigenvalue weighted by Gasteiger charge is -2.20. The fourth-order valence-electron chi connectivity index (χ4n) is 3.28. The van der Waals surface area contributed by atoms with Crippen molar-refractivity contribution in [1.29, 1.82) is 0 Å². The van der Waals surface area contributed by atoms with Crippen LogP contribution in [0.2, 0.25) is 0 Å². The van der Waals surface area contributed by atoms with Crippen LogP contribution in [0.5, 0.6) is 11.5 Å². The summed E-state index contributed by atoms with van der Waals surface area (Å²) in [5.41, 5.74) is 1.60. The highest BCUT2D eigenvalue weighted by molar-refractivity contribution is 5.94. The second-order valence-electron chi connectivity index (χ2n) is 5.91. The first-order chi connectivity index (χ1) is 12.2. The zero-order valence-corrected chi connectivity index (χ0v) is 14.7. The van der Waals surface area contributed by atoms with Crippen LogP contribution in [0.3, 0.4) is 0 Å². The average Bonchev–Trinajstić information content (AvgIpc) is 3.16. The lowest BCUT2D eigenvalue weighted by atomic mass is 9.97. The van der Waals surface area contributed by atoms with Crippen molar-refractivity contribution < 1.29 is 19.0 Å². The van der Waals surface area contributed by atoms with Gasteiger partial charge >= 0.3 is 5.97 Å². The Morgan fingerprint density at radius 1 is 1.20 bits per heavy atom. The molecular formula is C19H22N2O4. The Morgan fingerprint density at radius 3 is 2.76 bits per heavy atom. The van der Waals surface area contributed by atoms with E-state index in [0.717, 1.165) is 36.6 Å². The third kappa shape index (κ3) is 3.38. The van der Waals surface area contributed by atoms with Crippen molar-refractivity contribution >= 4 is 11.8 Å². The molecule has 25 heavy (non-hydrogen) atoms. The number of esters is 1. The van der Waals surface area contributed by atoms with Crippen molar-refractivity contribution in [2.45, 2.75) is 12.3 Å². The van der Waals surface area contributed by atoms with Gasteiger partial charge in [-0.15, -0.1) is 0 Å². The van der Waals surface area contributed by atoms with E-state index >= 15 is 0 Å². The lowest BCUT2D eigenvalue weighted by Crippen LogP contribution is -2.23. The molecule has 0 spiro atoms. The van der Waals surface area contributed by atoms with Crippen LogP contribution in [-0.4, -0.2) is 45.4 Å². The topological polar surface area (TPSA) is 60.9 Å². The number of methoxy groups -OCH3 is 3. The minimum Gasteiger partial charge on any atom is -0.497 e. The van der Waals surface area contributed by atoms with E-state index in [0.29, 0.717) is 11.4 Å². The maximum atomic E-state index is 12.0. The van der Waals surface area contributed by atoms with Crippen molar-refractivity contribution in [3.05, 3.63) is 47.7 Å². The summed E-state index contributed by atoms with van der Waals surface area (Å²) in [6.07, 6.45) is 2.64. The van der Waals surface area contributed by atoms with E-state index in [1.807, 2.05) is 18.2 Å². The lowest BCUT2D eigenvalue weighted by molar-refractivity contribution is 0.0601. The molecular weight excluding hydrogens is 320 g/mol. The molecule has 3 rings (SSSR count). The van der Waals surface area contributed by atoms with Crippen LogP contribution >= 0.6 is 0 Å². The van der Waals surface area contributed by atoms with E-state index in [1.54, 1.807) is 32.5 Å². The smallest absolute Gasteiger partial charge is 0.341 e. The third-order valence-corrected chi connectivity index (χ3v) is 4.56.